The van der Waals surface area contributed by atoms with Crippen LogP contribution in [-0.4, -0.2) is 12.5 Å². The molecule has 0 heterocycles. The second kappa shape index (κ2) is 5.87. The van der Waals surface area contributed by atoms with Crippen molar-refractivity contribution in [3.63, 3.8) is 0 Å². The summed E-state index contributed by atoms with van der Waals surface area (Å²) in [7, 11) is 0. The summed E-state index contributed by atoms with van der Waals surface area (Å²) in [5, 5.41) is 2.99. The second-order valence-corrected chi connectivity index (χ2v) is 6.80. The third-order valence-corrected chi connectivity index (χ3v) is 4.34. The Labute approximate surface area is 118 Å². The number of benzene rings is 1. The maximum Gasteiger partial charge on any atom is 0.251 e. The zero-order valence-corrected chi connectivity index (χ0v) is 13.4. The third kappa shape index (κ3) is 4.13. The molecule has 0 aliphatic rings. The van der Waals surface area contributed by atoms with Gasteiger partial charge in [0.05, 0.1) is 0 Å². The Morgan fingerprint density at radius 3 is 2.50 bits per heavy atom. The molecule has 100 valence electrons. The molecule has 1 amide bonds. The van der Waals surface area contributed by atoms with E-state index in [0.29, 0.717) is 18.0 Å². The first-order chi connectivity index (χ1) is 8.21. The summed E-state index contributed by atoms with van der Waals surface area (Å²) >= 11 is 3.45. The highest BCUT2D eigenvalue weighted by Crippen LogP contribution is 2.24. The highest BCUT2D eigenvalue weighted by Gasteiger charge is 2.20. The molecule has 0 aromatic heterocycles. The molecular formula is C15H22BrNO. The molecule has 0 spiro atoms. The van der Waals surface area contributed by atoms with Crippen LogP contribution < -0.4 is 5.32 Å². The van der Waals surface area contributed by atoms with Gasteiger partial charge in [-0.3, -0.25) is 4.79 Å². The molecule has 1 aromatic rings. The van der Waals surface area contributed by atoms with Crippen LogP contribution in [0.4, 0.5) is 0 Å². The monoisotopic (exact) mass is 311 g/mol. The van der Waals surface area contributed by atoms with Crippen molar-refractivity contribution in [1.29, 1.82) is 0 Å². The zero-order chi connectivity index (χ0) is 13.9. The van der Waals surface area contributed by atoms with E-state index in [-0.39, 0.29) is 11.3 Å². The van der Waals surface area contributed by atoms with E-state index in [4.69, 9.17) is 0 Å². The number of carbonyl (C=O) groups is 1. The van der Waals surface area contributed by atoms with Gasteiger partial charge in [0.15, 0.2) is 0 Å². The van der Waals surface area contributed by atoms with Crippen molar-refractivity contribution >= 4 is 21.8 Å². The summed E-state index contributed by atoms with van der Waals surface area (Å²) < 4.78 is 0.971. The molecule has 0 radical (unpaired) electrons. The molecule has 1 aromatic carbocycles. The van der Waals surface area contributed by atoms with Crippen molar-refractivity contribution in [2.24, 2.45) is 11.3 Å². The lowest BCUT2D eigenvalue weighted by atomic mass is 9.82. The molecule has 2 nitrogen and oxygen atoms in total. The van der Waals surface area contributed by atoms with Crippen molar-refractivity contribution < 1.29 is 4.79 Å². The second-order valence-electron chi connectivity index (χ2n) is 5.94. The van der Waals surface area contributed by atoms with Crippen LogP contribution in [-0.2, 0) is 0 Å². The molecule has 1 atom stereocenters. The topological polar surface area (TPSA) is 29.1 Å². The van der Waals surface area contributed by atoms with Gasteiger partial charge < -0.3 is 5.32 Å². The van der Waals surface area contributed by atoms with Crippen molar-refractivity contribution in [2.45, 2.75) is 34.6 Å². The van der Waals surface area contributed by atoms with E-state index in [0.717, 1.165) is 10.0 Å². The predicted molar refractivity (Wildman–Crippen MR) is 79.8 cm³/mol. The fourth-order valence-corrected chi connectivity index (χ4v) is 1.77. The largest absolute Gasteiger partial charge is 0.352 e. The minimum absolute atomic E-state index is 0.00759. The van der Waals surface area contributed by atoms with E-state index in [9.17, 15) is 4.79 Å². The van der Waals surface area contributed by atoms with Gasteiger partial charge >= 0.3 is 0 Å². The average Bonchev–Trinajstić information content (AvgIpc) is 2.27. The normalized spacial score (nSPS) is 13.2. The number of halogens is 1. The van der Waals surface area contributed by atoms with Crippen molar-refractivity contribution in [2.75, 3.05) is 6.54 Å². The molecule has 0 bridgehead atoms. The van der Waals surface area contributed by atoms with Crippen molar-refractivity contribution in [3.05, 3.63) is 33.8 Å². The fraction of sp³-hybridized carbons (Fsp3) is 0.533. The lowest BCUT2D eigenvalue weighted by molar-refractivity contribution is 0.0937. The van der Waals surface area contributed by atoms with Gasteiger partial charge in [-0.15, -0.1) is 0 Å². The maximum atomic E-state index is 12.0. The SMILES string of the molecule is Cc1ccc(C(=O)NCC(C)C(C)(C)C)cc1Br. The van der Waals surface area contributed by atoms with E-state index in [1.807, 2.05) is 25.1 Å². The minimum atomic E-state index is -0.00759. The quantitative estimate of drug-likeness (QED) is 0.892. The first-order valence-electron chi connectivity index (χ1n) is 6.26. The number of amides is 1. The smallest absolute Gasteiger partial charge is 0.251 e. The summed E-state index contributed by atoms with van der Waals surface area (Å²) in [5.74, 6) is 0.433. The Kier molecular flexibility index (Phi) is 4.97. The van der Waals surface area contributed by atoms with Gasteiger partial charge in [0.2, 0.25) is 0 Å². The van der Waals surface area contributed by atoms with Crippen LogP contribution >= 0.6 is 15.9 Å². The molecule has 1 N–H and O–H groups in total. The summed E-state index contributed by atoms with van der Waals surface area (Å²) in [6, 6.07) is 5.68. The molecule has 1 unspecified atom stereocenters. The molecule has 3 heteroatoms. The highest BCUT2D eigenvalue weighted by molar-refractivity contribution is 9.10. The number of nitrogens with one attached hydrogen (secondary N) is 1. The summed E-state index contributed by atoms with van der Waals surface area (Å²) in [6.45, 7) is 11.4. The zero-order valence-electron chi connectivity index (χ0n) is 11.8. The summed E-state index contributed by atoms with van der Waals surface area (Å²) in [4.78, 5) is 12.0. The Balaban J connectivity index is 2.63. The van der Waals surface area contributed by atoms with Gasteiger partial charge in [0.25, 0.3) is 5.91 Å². The first-order valence-corrected chi connectivity index (χ1v) is 7.05. The minimum Gasteiger partial charge on any atom is -0.352 e. The van der Waals surface area contributed by atoms with Crippen LogP contribution in [0.2, 0.25) is 0 Å². The lowest BCUT2D eigenvalue weighted by Crippen LogP contribution is -2.33. The van der Waals surface area contributed by atoms with Crippen LogP contribution in [0.5, 0.6) is 0 Å². The van der Waals surface area contributed by atoms with Crippen LogP contribution in [0.3, 0.4) is 0 Å². The average molecular weight is 312 g/mol. The standard InChI is InChI=1S/C15H22BrNO/c1-10-6-7-12(8-13(10)16)14(18)17-9-11(2)15(3,4)5/h6-8,11H,9H2,1-5H3,(H,17,18). The Hall–Kier alpha value is -0.830. The van der Waals surface area contributed by atoms with Gasteiger partial charge in [-0.25, -0.2) is 0 Å². The predicted octanol–water partition coefficient (Wildman–Crippen LogP) is 4.17. The fourth-order valence-electron chi connectivity index (χ4n) is 1.39. The third-order valence-electron chi connectivity index (χ3n) is 3.48. The highest BCUT2D eigenvalue weighted by atomic mass is 79.9. The van der Waals surface area contributed by atoms with Gasteiger partial charge in [-0.1, -0.05) is 49.7 Å². The maximum absolute atomic E-state index is 12.0. The van der Waals surface area contributed by atoms with E-state index < -0.39 is 0 Å². The first kappa shape index (κ1) is 15.2. The summed E-state index contributed by atoms with van der Waals surface area (Å²) in [6.07, 6.45) is 0. The van der Waals surface area contributed by atoms with Crippen molar-refractivity contribution in [3.8, 4) is 0 Å². The molecule has 0 saturated carbocycles. The van der Waals surface area contributed by atoms with Crippen molar-refractivity contribution in [1.82, 2.24) is 5.32 Å². The number of rotatable bonds is 3. The molecule has 0 fully saturated rings. The lowest BCUT2D eigenvalue weighted by Gasteiger charge is -2.27. The Bertz CT molecular complexity index is 435. The summed E-state index contributed by atoms with van der Waals surface area (Å²) in [5.41, 5.74) is 2.05. The van der Waals surface area contributed by atoms with Gasteiger partial charge in [-0.05, 0) is 36.0 Å². The van der Waals surface area contributed by atoms with E-state index in [1.54, 1.807) is 0 Å². The van der Waals surface area contributed by atoms with Crippen LogP contribution in [0.15, 0.2) is 22.7 Å². The van der Waals surface area contributed by atoms with E-state index >= 15 is 0 Å². The molecule has 1 rings (SSSR count). The Morgan fingerprint density at radius 2 is 2.00 bits per heavy atom. The van der Waals surface area contributed by atoms with E-state index in [2.05, 4.69) is 48.9 Å². The molecule has 0 aliphatic carbocycles. The number of hydrogen-bond acceptors (Lipinski definition) is 1. The van der Waals surface area contributed by atoms with Gasteiger partial charge in [0, 0.05) is 16.6 Å². The molecule has 0 aliphatic heterocycles. The van der Waals surface area contributed by atoms with Crippen LogP contribution in [0.1, 0.15) is 43.6 Å². The molecular weight excluding hydrogens is 290 g/mol. The van der Waals surface area contributed by atoms with Gasteiger partial charge in [-0.2, -0.15) is 0 Å². The van der Waals surface area contributed by atoms with Crippen LogP contribution in [0, 0.1) is 18.3 Å². The van der Waals surface area contributed by atoms with Crippen LogP contribution in [0.25, 0.3) is 0 Å². The van der Waals surface area contributed by atoms with E-state index in [1.165, 1.54) is 0 Å². The molecule has 0 saturated heterocycles. The Morgan fingerprint density at radius 1 is 1.39 bits per heavy atom. The number of aryl methyl sites for hydroxylation is 1. The number of hydrogen-bond donors (Lipinski definition) is 1. The number of carbonyl (C=O) groups excluding carboxylic acids is 1. The van der Waals surface area contributed by atoms with Gasteiger partial charge in [0.1, 0.15) is 0 Å². The molecule has 18 heavy (non-hydrogen) atoms.